The van der Waals surface area contributed by atoms with Crippen LogP contribution in [0, 0.1) is 5.82 Å². The number of rotatable bonds is 4. The lowest BCUT2D eigenvalue weighted by atomic mass is 10.2. The zero-order chi connectivity index (χ0) is 14.0. The monoisotopic (exact) mass is 299 g/mol. The largest absolute Gasteiger partial charge is 0.477 e. The fourth-order valence-corrected chi connectivity index (χ4v) is 2.81. The minimum absolute atomic E-state index is 0.00150. The van der Waals surface area contributed by atoms with Crippen LogP contribution in [0.1, 0.15) is 28.7 Å². The smallest absolute Gasteiger partial charge is 0.347 e. The summed E-state index contributed by atoms with van der Waals surface area (Å²) in [6, 6.07) is 4.25. The molecule has 6 heteroatoms. The summed E-state index contributed by atoms with van der Waals surface area (Å²) in [7, 11) is 0. The minimum Gasteiger partial charge on any atom is -0.477 e. The summed E-state index contributed by atoms with van der Waals surface area (Å²) in [4.78, 5) is 15.7. The molecule has 0 aliphatic rings. The van der Waals surface area contributed by atoms with Crippen molar-refractivity contribution in [2.75, 3.05) is 0 Å². The molecule has 0 saturated carbocycles. The van der Waals surface area contributed by atoms with Crippen LogP contribution < -0.4 is 0 Å². The van der Waals surface area contributed by atoms with E-state index in [1.807, 2.05) is 6.92 Å². The fraction of sp³-hybridized carbons (Fsp3) is 0.231. The van der Waals surface area contributed by atoms with Gasteiger partial charge in [-0.2, -0.15) is 0 Å². The van der Waals surface area contributed by atoms with Crippen LogP contribution in [-0.2, 0) is 6.42 Å². The molecule has 0 aliphatic heterocycles. The van der Waals surface area contributed by atoms with E-state index >= 15 is 0 Å². The van der Waals surface area contributed by atoms with Gasteiger partial charge in [0.1, 0.15) is 15.7 Å². The molecule has 0 aliphatic carbocycles. The van der Waals surface area contributed by atoms with Gasteiger partial charge in [0.2, 0.25) is 0 Å². The van der Waals surface area contributed by atoms with Gasteiger partial charge in [0.15, 0.2) is 0 Å². The van der Waals surface area contributed by atoms with E-state index in [1.165, 1.54) is 12.1 Å². The lowest BCUT2D eigenvalue weighted by Gasteiger charge is -1.98. The number of aryl methyl sites for hydroxylation is 1. The van der Waals surface area contributed by atoms with Gasteiger partial charge in [-0.1, -0.05) is 24.9 Å². The number of carbonyl (C=O) groups is 1. The topological polar surface area (TPSA) is 50.2 Å². The van der Waals surface area contributed by atoms with Crippen molar-refractivity contribution in [3.63, 3.8) is 0 Å². The van der Waals surface area contributed by atoms with Crippen LogP contribution in [0.2, 0.25) is 5.02 Å². The molecular formula is C13H11ClFNO2S. The lowest BCUT2D eigenvalue weighted by molar-refractivity contribution is 0.0700. The number of nitrogens with zero attached hydrogens (tertiary/aromatic N) is 1. The van der Waals surface area contributed by atoms with E-state index in [1.54, 1.807) is 6.07 Å². The molecule has 1 aromatic carbocycles. The van der Waals surface area contributed by atoms with Crippen molar-refractivity contribution in [3.05, 3.63) is 39.6 Å². The molecule has 0 spiro atoms. The predicted octanol–water partition coefficient (Wildman–Crippen LogP) is 4.25. The van der Waals surface area contributed by atoms with E-state index in [-0.39, 0.29) is 9.90 Å². The standard InChI is InChI=1S/C13H11ClFNO2S/c1-2-3-10-11(13(17)18)19-12(16-10)7-4-5-9(15)8(14)6-7/h4-6H,2-3H2,1H3,(H,17,18). The first kappa shape index (κ1) is 14.0. The summed E-state index contributed by atoms with van der Waals surface area (Å²) >= 11 is 6.80. The molecular weight excluding hydrogens is 289 g/mol. The molecule has 2 rings (SSSR count). The molecule has 0 atom stereocenters. The van der Waals surface area contributed by atoms with E-state index in [0.717, 1.165) is 17.8 Å². The van der Waals surface area contributed by atoms with Gasteiger partial charge in [0.05, 0.1) is 10.7 Å². The Morgan fingerprint density at radius 2 is 2.26 bits per heavy atom. The molecule has 100 valence electrons. The van der Waals surface area contributed by atoms with Crippen molar-refractivity contribution in [2.24, 2.45) is 0 Å². The third kappa shape index (κ3) is 2.93. The third-order valence-corrected chi connectivity index (χ3v) is 3.97. The van der Waals surface area contributed by atoms with Crippen molar-refractivity contribution in [3.8, 4) is 10.6 Å². The maximum Gasteiger partial charge on any atom is 0.347 e. The Hall–Kier alpha value is -1.46. The van der Waals surface area contributed by atoms with Crippen LogP contribution in [0.25, 0.3) is 10.6 Å². The summed E-state index contributed by atoms with van der Waals surface area (Å²) in [5.74, 6) is -1.49. The van der Waals surface area contributed by atoms with Crippen LogP contribution in [0.3, 0.4) is 0 Å². The molecule has 0 bridgehead atoms. The third-order valence-electron chi connectivity index (χ3n) is 2.54. The highest BCUT2D eigenvalue weighted by molar-refractivity contribution is 7.17. The van der Waals surface area contributed by atoms with E-state index in [2.05, 4.69) is 4.98 Å². The Balaban J connectivity index is 2.47. The van der Waals surface area contributed by atoms with Crippen LogP contribution in [0.5, 0.6) is 0 Å². The molecule has 0 fully saturated rings. The fourth-order valence-electron chi connectivity index (χ4n) is 1.68. The number of carboxylic acid groups (broad SMARTS) is 1. The van der Waals surface area contributed by atoms with Crippen molar-refractivity contribution in [1.82, 2.24) is 4.98 Å². The maximum atomic E-state index is 13.1. The van der Waals surface area contributed by atoms with Crippen molar-refractivity contribution in [2.45, 2.75) is 19.8 Å². The Kier molecular flexibility index (Phi) is 4.17. The van der Waals surface area contributed by atoms with E-state index in [4.69, 9.17) is 16.7 Å². The van der Waals surface area contributed by atoms with Crippen molar-refractivity contribution in [1.29, 1.82) is 0 Å². The maximum absolute atomic E-state index is 13.1. The predicted molar refractivity (Wildman–Crippen MR) is 73.5 cm³/mol. The number of carboxylic acids is 1. The minimum atomic E-state index is -0.986. The van der Waals surface area contributed by atoms with Crippen LogP contribution in [-0.4, -0.2) is 16.1 Å². The highest BCUT2D eigenvalue weighted by atomic mass is 35.5. The van der Waals surface area contributed by atoms with E-state index < -0.39 is 11.8 Å². The second-order valence-electron chi connectivity index (χ2n) is 3.98. The number of halogens is 2. The molecule has 0 unspecified atom stereocenters. The highest BCUT2D eigenvalue weighted by Gasteiger charge is 2.18. The van der Waals surface area contributed by atoms with E-state index in [9.17, 15) is 9.18 Å². The van der Waals surface area contributed by atoms with Crippen LogP contribution >= 0.6 is 22.9 Å². The molecule has 3 nitrogen and oxygen atoms in total. The highest BCUT2D eigenvalue weighted by Crippen LogP contribution is 2.31. The number of hydrogen-bond donors (Lipinski definition) is 1. The van der Waals surface area contributed by atoms with Gasteiger partial charge in [-0.25, -0.2) is 14.2 Å². The van der Waals surface area contributed by atoms with Gasteiger partial charge in [-0.3, -0.25) is 0 Å². The number of aromatic nitrogens is 1. The van der Waals surface area contributed by atoms with Gasteiger partial charge >= 0.3 is 5.97 Å². The van der Waals surface area contributed by atoms with Gasteiger partial charge in [0, 0.05) is 5.56 Å². The Labute approximate surface area is 118 Å². The molecule has 2 aromatic rings. The molecule has 19 heavy (non-hydrogen) atoms. The van der Waals surface area contributed by atoms with Gasteiger partial charge in [0.25, 0.3) is 0 Å². The second kappa shape index (κ2) is 5.67. The number of thiazole rings is 1. The molecule has 1 heterocycles. The lowest BCUT2D eigenvalue weighted by Crippen LogP contribution is -1.98. The SMILES string of the molecule is CCCc1nc(-c2ccc(F)c(Cl)c2)sc1C(=O)O. The van der Waals surface area contributed by atoms with Gasteiger partial charge < -0.3 is 5.11 Å². The Bertz CT molecular complexity index is 627. The van der Waals surface area contributed by atoms with E-state index in [0.29, 0.717) is 22.7 Å². The molecule has 1 N–H and O–H groups in total. The summed E-state index contributed by atoms with van der Waals surface area (Å²) in [5.41, 5.74) is 1.19. The van der Waals surface area contributed by atoms with Crippen LogP contribution in [0.15, 0.2) is 18.2 Å². The first-order valence-corrected chi connectivity index (χ1v) is 6.90. The summed E-state index contributed by atoms with van der Waals surface area (Å²) in [6.07, 6.45) is 1.42. The quantitative estimate of drug-likeness (QED) is 0.918. The van der Waals surface area contributed by atoms with Crippen molar-refractivity contribution < 1.29 is 14.3 Å². The number of hydrogen-bond acceptors (Lipinski definition) is 3. The zero-order valence-electron chi connectivity index (χ0n) is 10.1. The van der Waals surface area contributed by atoms with Gasteiger partial charge in [-0.05, 0) is 24.6 Å². The van der Waals surface area contributed by atoms with Crippen LogP contribution in [0.4, 0.5) is 4.39 Å². The first-order valence-electron chi connectivity index (χ1n) is 5.71. The number of benzene rings is 1. The Morgan fingerprint density at radius 1 is 1.53 bits per heavy atom. The normalized spacial score (nSPS) is 10.7. The average molecular weight is 300 g/mol. The second-order valence-corrected chi connectivity index (χ2v) is 5.39. The summed E-state index contributed by atoms with van der Waals surface area (Å²) < 4.78 is 13.1. The van der Waals surface area contributed by atoms with Crippen molar-refractivity contribution >= 4 is 28.9 Å². The zero-order valence-corrected chi connectivity index (χ0v) is 11.7. The average Bonchev–Trinajstić information content (AvgIpc) is 2.77. The molecule has 0 saturated heterocycles. The first-order chi connectivity index (χ1) is 9.02. The summed E-state index contributed by atoms with van der Waals surface area (Å²) in [5, 5.41) is 9.68. The number of aromatic carboxylic acids is 1. The summed E-state index contributed by atoms with van der Waals surface area (Å²) in [6.45, 7) is 1.96. The van der Waals surface area contributed by atoms with Gasteiger partial charge in [-0.15, -0.1) is 11.3 Å². The Morgan fingerprint density at radius 3 is 2.84 bits per heavy atom. The molecule has 0 amide bonds. The molecule has 1 aromatic heterocycles. The molecule has 0 radical (unpaired) electrons.